The van der Waals surface area contributed by atoms with Gasteiger partial charge in [-0.05, 0) is 48.7 Å². The molecule has 7 heteroatoms. The van der Waals surface area contributed by atoms with Crippen molar-refractivity contribution in [1.82, 2.24) is 15.3 Å². The summed E-state index contributed by atoms with van der Waals surface area (Å²) in [5.41, 5.74) is 7.44. The number of aryl methyl sites for hydroxylation is 1. The van der Waals surface area contributed by atoms with Crippen LogP contribution in [0.2, 0.25) is 5.02 Å². The standard InChI is InChI=1S/C29H29ClN4O2/c1-19(2)27(32-28(35)22-11-13-24(30)14-12-22)29(36)33-31-16-23-18-34(26-10-5-4-9-25(23)26)17-21-8-6-7-20(3)15-21/h4-16,18-19,27H,17H2,1-3H3,(H,32,35)(H,33,36)/b31-16-. The first-order chi connectivity index (χ1) is 17.3. The SMILES string of the molecule is Cc1cccc(Cn2cc(/C=N\NC(=O)C(NC(=O)c3ccc(Cl)cc3)C(C)C)c3ccccc32)c1. The normalized spacial score (nSPS) is 12.2. The number of benzene rings is 3. The summed E-state index contributed by atoms with van der Waals surface area (Å²) in [6.07, 6.45) is 3.68. The first-order valence-electron chi connectivity index (χ1n) is 11.8. The highest BCUT2D eigenvalue weighted by atomic mass is 35.5. The molecule has 4 rings (SSSR count). The van der Waals surface area contributed by atoms with E-state index in [4.69, 9.17) is 11.6 Å². The molecule has 0 radical (unpaired) electrons. The minimum Gasteiger partial charge on any atom is -0.342 e. The zero-order valence-electron chi connectivity index (χ0n) is 20.5. The number of hydrazone groups is 1. The molecule has 36 heavy (non-hydrogen) atoms. The zero-order chi connectivity index (χ0) is 25.7. The largest absolute Gasteiger partial charge is 0.342 e. The topological polar surface area (TPSA) is 75.5 Å². The number of para-hydroxylation sites is 1. The number of carbonyl (C=O) groups is 2. The molecule has 0 aliphatic heterocycles. The summed E-state index contributed by atoms with van der Waals surface area (Å²) in [4.78, 5) is 25.5. The number of amides is 2. The maximum Gasteiger partial charge on any atom is 0.262 e. The molecule has 1 heterocycles. The number of nitrogens with one attached hydrogen (secondary N) is 2. The van der Waals surface area contributed by atoms with E-state index in [-0.39, 0.29) is 17.7 Å². The van der Waals surface area contributed by atoms with Gasteiger partial charge in [-0.2, -0.15) is 5.10 Å². The highest BCUT2D eigenvalue weighted by Crippen LogP contribution is 2.21. The van der Waals surface area contributed by atoms with E-state index in [0.29, 0.717) is 10.6 Å². The van der Waals surface area contributed by atoms with Crippen LogP contribution >= 0.6 is 11.6 Å². The van der Waals surface area contributed by atoms with E-state index in [1.165, 1.54) is 11.1 Å². The fraction of sp³-hybridized carbons (Fsp3) is 0.207. The predicted octanol–water partition coefficient (Wildman–Crippen LogP) is 5.56. The van der Waals surface area contributed by atoms with Gasteiger partial charge < -0.3 is 9.88 Å². The van der Waals surface area contributed by atoms with E-state index < -0.39 is 6.04 Å². The Balaban J connectivity index is 1.48. The van der Waals surface area contributed by atoms with Crippen molar-refractivity contribution in [2.24, 2.45) is 11.0 Å². The summed E-state index contributed by atoms with van der Waals surface area (Å²) in [5.74, 6) is -0.858. The van der Waals surface area contributed by atoms with Crippen molar-refractivity contribution in [3.63, 3.8) is 0 Å². The molecular weight excluding hydrogens is 472 g/mol. The molecule has 184 valence electrons. The Hall–Kier alpha value is -3.90. The summed E-state index contributed by atoms with van der Waals surface area (Å²) in [7, 11) is 0. The first-order valence-corrected chi connectivity index (χ1v) is 12.2. The van der Waals surface area contributed by atoms with Gasteiger partial charge in [-0.15, -0.1) is 0 Å². The van der Waals surface area contributed by atoms with Crippen LogP contribution < -0.4 is 10.7 Å². The van der Waals surface area contributed by atoms with Gasteiger partial charge in [0, 0.05) is 39.8 Å². The number of halogens is 1. The predicted molar refractivity (Wildman–Crippen MR) is 145 cm³/mol. The molecule has 2 N–H and O–H groups in total. The third kappa shape index (κ3) is 6.01. The van der Waals surface area contributed by atoms with Crippen LogP contribution in [-0.2, 0) is 11.3 Å². The van der Waals surface area contributed by atoms with Gasteiger partial charge >= 0.3 is 0 Å². The van der Waals surface area contributed by atoms with Gasteiger partial charge in [-0.3, -0.25) is 9.59 Å². The maximum atomic E-state index is 12.9. The minimum atomic E-state index is -0.743. The molecule has 1 atom stereocenters. The lowest BCUT2D eigenvalue weighted by molar-refractivity contribution is -0.123. The minimum absolute atomic E-state index is 0.132. The summed E-state index contributed by atoms with van der Waals surface area (Å²) in [5, 5.41) is 8.59. The van der Waals surface area contributed by atoms with Crippen molar-refractivity contribution < 1.29 is 9.59 Å². The van der Waals surface area contributed by atoms with Gasteiger partial charge in [0.25, 0.3) is 11.8 Å². The Morgan fingerprint density at radius 2 is 1.78 bits per heavy atom. The Bertz CT molecular complexity index is 1410. The molecule has 0 saturated carbocycles. The van der Waals surface area contributed by atoms with Crippen molar-refractivity contribution in [2.75, 3.05) is 0 Å². The monoisotopic (exact) mass is 500 g/mol. The second-order valence-corrected chi connectivity index (χ2v) is 9.59. The average molecular weight is 501 g/mol. The maximum absolute atomic E-state index is 12.9. The van der Waals surface area contributed by atoms with Crippen LogP contribution in [0.5, 0.6) is 0 Å². The van der Waals surface area contributed by atoms with Gasteiger partial charge in [-0.25, -0.2) is 5.43 Å². The molecule has 4 aromatic rings. The number of hydrogen-bond donors (Lipinski definition) is 2. The number of rotatable bonds is 8. The quantitative estimate of drug-likeness (QED) is 0.245. The number of nitrogens with zero attached hydrogens (tertiary/aromatic N) is 2. The van der Waals surface area contributed by atoms with E-state index >= 15 is 0 Å². The van der Waals surface area contributed by atoms with Crippen molar-refractivity contribution in [1.29, 1.82) is 0 Å². The van der Waals surface area contributed by atoms with Crippen LogP contribution in [0.3, 0.4) is 0 Å². The summed E-state index contributed by atoms with van der Waals surface area (Å²) < 4.78 is 2.18. The average Bonchev–Trinajstić information content (AvgIpc) is 3.20. The number of carbonyl (C=O) groups excluding carboxylic acids is 2. The van der Waals surface area contributed by atoms with E-state index in [9.17, 15) is 9.59 Å². The van der Waals surface area contributed by atoms with Crippen LogP contribution in [0.25, 0.3) is 10.9 Å². The third-order valence-corrected chi connectivity index (χ3v) is 6.23. The summed E-state index contributed by atoms with van der Waals surface area (Å²) in [6, 6.07) is 22.3. The van der Waals surface area contributed by atoms with Crippen LogP contribution in [0.1, 0.15) is 40.9 Å². The van der Waals surface area contributed by atoms with Crippen molar-refractivity contribution in [3.8, 4) is 0 Å². The van der Waals surface area contributed by atoms with Crippen LogP contribution in [0, 0.1) is 12.8 Å². The Kier molecular flexibility index (Phi) is 7.86. The van der Waals surface area contributed by atoms with E-state index in [1.54, 1.807) is 30.5 Å². The molecule has 3 aromatic carbocycles. The molecule has 2 amide bonds. The molecule has 0 spiro atoms. The van der Waals surface area contributed by atoms with Crippen molar-refractivity contribution >= 4 is 40.5 Å². The Morgan fingerprint density at radius 3 is 2.50 bits per heavy atom. The molecule has 0 bridgehead atoms. The third-order valence-electron chi connectivity index (χ3n) is 5.98. The molecule has 0 saturated heterocycles. The molecule has 1 aromatic heterocycles. The summed E-state index contributed by atoms with van der Waals surface area (Å²) in [6.45, 7) is 6.55. The Morgan fingerprint density at radius 1 is 1.03 bits per heavy atom. The van der Waals surface area contributed by atoms with E-state index in [1.807, 2.05) is 38.2 Å². The second-order valence-electron chi connectivity index (χ2n) is 9.15. The molecule has 0 fully saturated rings. The van der Waals surface area contributed by atoms with E-state index in [0.717, 1.165) is 23.0 Å². The van der Waals surface area contributed by atoms with Gasteiger partial charge in [0.2, 0.25) is 0 Å². The summed E-state index contributed by atoms with van der Waals surface area (Å²) >= 11 is 5.90. The Labute approximate surface area is 216 Å². The van der Waals surface area contributed by atoms with Crippen LogP contribution in [-0.4, -0.2) is 28.6 Å². The first kappa shape index (κ1) is 25.2. The molecule has 0 aliphatic rings. The molecule has 6 nitrogen and oxygen atoms in total. The number of hydrogen-bond acceptors (Lipinski definition) is 3. The molecule has 0 aliphatic carbocycles. The van der Waals surface area contributed by atoms with E-state index in [2.05, 4.69) is 57.7 Å². The lowest BCUT2D eigenvalue weighted by Gasteiger charge is -2.20. The molecule has 1 unspecified atom stereocenters. The highest BCUT2D eigenvalue weighted by Gasteiger charge is 2.24. The van der Waals surface area contributed by atoms with Gasteiger partial charge in [0.15, 0.2) is 0 Å². The highest BCUT2D eigenvalue weighted by molar-refractivity contribution is 6.30. The van der Waals surface area contributed by atoms with Crippen molar-refractivity contribution in [2.45, 2.75) is 33.4 Å². The second kappa shape index (κ2) is 11.2. The fourth-order valence-electron chi connectivity index (χ4n) is 4.11. The van der Waals surface area contributed by atoms with Crippen LogP contribution in [0.4, 0.5) is 0 Å². The van der Waals surface area contributed by atoms with Crippen molar-refractivity contribution in [3.05, 3.63) is 106 Å². The zero-order valence-corrected chi connectivity index (χ0v) is 21.3. The lowest BCUT2D eigenvalue weighted by atomic mass is 10.0. The fourth-order valence-corrected chi connectivity index (χ4v) is 4.24. The van der Waals surface area contributed by atoms with Gasteiger partial charge in [0.1, 0.15) is 6.04 Å². The lowest BCUT2D eigenvalue weighted by Crippen LogP contribution is -2.48. The number of aromatic nitrogens is 1. The van der Waals surface area contributed by atoms with Gasteiger partial charge in [0.05, 0.1) is 6.21 Å². The number of fused-ring (bicyclic) bond motifs is 1. The van der Waals surface area contributed by atoms with Gasteiger partial charge in [-0.1, -0.05) is 73.5 Å². The molecular formula is C29H29ClN4O2. The smallest absolute Gasteiger partial charge is 0.262 e. The van der Waals surface area contributed by atoms with Crippen LogP contribution in [0.15, 0.2) is 84.1 Å².